The van der Waals surface area contributed by atoms with Crippen LogP contribution in [0.4, 0.5) is 0 Å². The number of thiazole rings is 2. The van der Waals surface area contributed by atoms with E-state index >= 15 is 0 Å². The molecule has 1 fully saturated rings. The number of amides is 2. The van der Waals surface area contributed by atoms with Crippen LogP contribution < -0.4 is 5.32 Å². The molecule has 2 aromatic rings. The van der Waals surface area contributed by atoms with Gasteiger partial charge in [0.2, 0.25) is 5.91 Å². The molecule has 0 aromatic carbocycles. The van der Waals surface area contributed by atoms with Gasteiger partial charge in [0.15, 0.2) is 0 Å². The summed E-state index contributed by atoms with van der Waals surface area (Å²) in [5.74, 6) is 2.32. The Balaban J connectivity index is 1.60. The Kier molecular flexibility index (Phi) is 11.6. The van der Waals surface area contributed by atoms with Crippen molar-refractivity contribution in [1.29, 1.82) is 0 Å². The number of carbonyl (C=O) groups excluding carboxylic acids is 3. The molecule has 0 radical (unpaired) electrons. The van der Waals surface area contributed by atoms with Crippen LogP contribution in [-0.4, -0.2) is 70.4 Å². The van der Waals surface area contributed by atoms with Crippen molar-refractivity contribution in [2.45, 2.75) is 71.9 Å². The molecule has 2 aromatic heterocycles. The van der Waals surface area contributed by atoms with Crippen LogP contribution in [0.2, 0.25) is 0 Å². The molecule has 3 atom stereocenters. The van der Waals surface area contributed by atoms with E-state index in [9.17, 15) is 14.4 Å². The number of methoxy groups -OCH3 is 1. The van der Waals surface area contributed by atoms with Gasteiger partial charge in [0.05, 0.1) is 23.0 Å². The third kappa shape index (κ3) is 8.77. The van der Waals surface area contributed by atoms with Gasteiger partial charge in [-0.25, -0.2) is 9.97 Å². The number of carbonyl (C=O) groups is 3. The minimum atomic E-state index is -0.354. The molecule has 1 aliphatic heterocycles. The van der Waals surface area contributed by atoms with E-state index in [0.717, 1.165) is 33.6 Å². The Hall–Kier alpha value is -1.98. The van der Waals surface area contributed by atoms with Crippen LogP contribution >= 0.6 is 34.4 Å². The molecule has 0 aliphatic carbocycles. The Labute approximate surface area is 238 Å². The molecule has 11 heteroatoms. The lowest BCUT2D eigenvalue weighted by molar-refractivity contribution is -0.145. The van der Waals surface area contributed by atoms with Gasteiger partial charge >= 0.3 is 5.97 Å². The Morgan fingerprint density at radius 3 is 2.42 bits per heavy atom. The molecule has 3 heterocycles. The third-order valence-electron chi connectivity index (χ3n) is 6.93. The van der Waals surface area contributed by atoms with Gasteiger partial charge in [0, 0.05) is 54.8 Å². The minimum Gasteiger partial charge on any atom is -0.469 e. The Morgan fingerprint density at radius 1 is 1.13 bits per heavy atom. The molecule has 0 saturated carbocycles. The van der Waals surface area contributed by atoms with Crippen LogP contribution in [0.15, 0.2) is 10.8 Å². The highest BCUT2D eigenvalue weighted by atomic mass is 32.2. The van der Waals surface area contributed by atoms with Crippen LogP contribution in [0.3, 0.4) is 0 Å². The number of thioether (sulfide) groups is 1. The van der Waals surface area contributed by atoms with E-state index in [4.69, 9.17) is 4.74 Å². The summed E-state index contributed by atoms with van der Waals surface area (Å²) >= 11 is 4.92. The number of hydrogen-bond donors (Lipinski definition) is 1. The molecule has 0 bridgehead atoms. The molecule has 2 amide bonds. The lowest BCUT2D eigenvalue weighted by atomic mass is 9.97. The van der Waals surface area contributed by atoms with Crippen molar-refractivity contribution in [3.8, 4) is 0 Å². The van der Waals surface area contributed by atoms with E-state index in [-0.39, 0.29) is 35.8 Å². The van der Waals surface area contributed by atoms with E-state index in [1.165, 1.54) is 18.4 Å². The summed E-state index contributed by atoms with van der Waals surface area (Å²) < 4.78 is 4.88. The first-order valence-corrected chi connectivity index (χ1v) is 16.1. The van der Waals surface area contributed by atoms with E-state index < -0.39 is 0 Å². The maximum absolute atomic E-state index is 13.1. The number of nitrogens with zero attached hydrogens (tertiary/aromatic N) is 3. The maximum atomic E-state index is 13.1. The standard InChI is InChI=1S/C27H40N4O4S3/c1-16(2)22(31(5)25(32)10-19-13-36-14-19)7-8-23-30-21(15-38-23)26(33)29-20(9-17(3)27(34)35-6)11-24-28-18(4)12-37-24/h12,15-17,19-20,22H,7-11,13-14H2,1-6H3,(H,29,33)/t17-,20+,22?/m0/s1. The second kappa shape index (κ2) is 14.4. The van der Waals surface area contributed by atoms with Crippen molar-refractivity contribution >= 4 is 52.2 Å². The number of aromatic nitrogens is 2. The lowest BCUT2D eigenvalue weighted by Crippen LogP contribution is -2.42. The SMILES string of the molecule is COC(=O)[C@@H](C)C[C@H](Cc1nc(C)cs1)NC(=O)c1csc(CCC(C(C)C)N(C)C(=O)CC2CSC2)n1. The van der Waals surface area contributed by atoms with Crippen LogP contribution in [0.25, 0.3) is 0 Å². The fourth-order valence-electron chi connectivity index (χ4n) is 4.64. The van der Waals surface area contributed by atoms with Gasteiger partial charge in [-0.3, -0.25) is 14.4 Å². The first-order chi connectivity index (χ1) is 18.1. The number of aryl methyl sites for hydroxylation is 2. The molecule has 1 N–H and O–H groups in total. The van der Waals surface area contributed by atoms with Gasteiger partial charge in [0.25, 0.3) is 5.91 Å². The van der Waals surface area contributed by atoms with E-state index in [0.29, 0.717) is 43.2 Å². The number of esters is 1. The quantitative estimate of drug-likeness (QED) is 0.326. The van der Waals surface area contributed by atoms with E-state index in [2.05, 4.69) is 29.1 Å². The van der Waals surface area contributed by atoms with Gasteiger partial charge in [-0.1, -0.05) is 20.8 Å². The highest BCUT2D eigenvalue weighted by molar-refractivity contribution is 8.00. The van der Waals surface area contributed by atoms with Crippen LogP contribution in [0.5, 0.6) is 0 Å². The monoisotopic (exact) mass is 580 g/mol. The summed E-state index contributed by atoms with van der Waals surface area (Å²) in [4.78, 5) is 49.0. The summed E-state index contributed by atoms with van der Waals surface area (Å²) in [6.07, 6.45) is 3.13. The molecular formula is C27H40N4O4S3. The first-order valence-electron chi connectivity index (χ1n) is 13.1. The molecule has 38 heavy (non-hydrogen) atoms. The summed E-state index contributed by atoms with van der Waals surface area (Å²) in [7, 11) is 3.29. The molecule has 1 saturated heterocycles. The fraction of sp³-hybridized carbons (Fsp3) is 0.667. The lowest BCUT2D eigenvalue weighted by Gasteiger charge is -2.33. The summed E-state index contributed by atoms with van der Waals surface area (Å²) in [6, 6.07) is -0.145. The largest absolute Gasteiger partial charge is 0.469 e. The molecule has 1 aliphatic rings. The van der Waals surface area contributed by atoms with Gasteiger partial charge in [-0.2, -0.15) is 11.8 Å². The van der Waals surface area contributed by atoms with Crippen molar-refractivity contribution < 1.29 is 19.1 Å². The third-order valence-corrected chi connectivity index (χ3v) is 10.2. The zero-order valence-electron chi connectivity index (χ0n) is 23.2. The second-order valence-electron chi connectivity index (χ2n) is 10.5. The van der Waals surface area contributed by atoms with Gasteiger partial charge in [-0.05, 0) is 43.1 Å². The van der Waals surface area contributed by atoms with Gasteiger partial charge < -0.3 is 15.0 Å². The van der Waals surface area contributed by atoms with E-state index in [1.54, 1.807) is 23.6 Å². The highest BCUT2D eigenvalue weighted by Crippen LogP contribution is 2.29. The second-order valence-corrected chi connectivity index (χ2v) is 13.5. The van der Waals surface area contributed by atoms with Crippen LogP contribution in [-0.2, 0) is 27.2 Å². The molecule has 0 spiro atoms. The summed E-state index contributed by atoms with van der Waals surface area (Å²) in [6.45, 7) is 8.03. The van der Waals surface area contributed by atoms with Crippen molar-refractivity contribution in [3.63, 3.8) is 0 Å². The molecule has 1 unspecified atom stereocenters. The van der Waals surface area contributed by atoms with E-state index in [1.807, 2.05) is 36.0 Å². The van der Waals surface area contributed by atoms with Gasteiger partial charge in [-0.15, -0.1) is 22.7 Å². The Bertz CT molecular complexity index is 1080. The average molecular weight is 581 g/mol. The van der Waals surface area contributed by atoms with Crippen LogP contribution in [0, 0.1) is 24.7 Å². The Morgan fingerprint density at radius 2 is 1.84 bits per heavy atom. The van der Waals surface area contributed by atoms with Crippen molar-refractivity contribution in [2.24, 2.45) is 17.8 Å². The zero-order valence-corrected chi connectivity index (χ0v) is 25.6. The minimum absolute atomic E-state index is 0.127. The predicted octanol–water partition coefficient (Wildman–Crippen LogP) is 4.62. The fourth-order valence-corrected chi connectivity index (χ4v) is 7.09. The number of ether oxygens (including phenoxy) is 1. The average Bonchev–Trinajstić information content (AvgIpc) is 3.49. The molecule has 3 rings (SSSR count). The predicted molar refractivity (Wildman–Crippen MR) is 155 cm³/mol. The number of nitrogens with one attached hydrogen (secondary N) is 1. The number of rotatable bonds is 14. The number of hydrogen-bond acceptors (Lipinski definition) is 9. The maximum Gasteiger partial charge on any atom is 0.308 e. The smallest absolute Gasteiger partial charge is 0.308 e. The highest BCUT2D eigenvalue weighted by Gasteiger charge is 2.28. The molecular weight excluding hydrogens is 541 g/mol. The first kappa shape index (κ1) is 30.6. The molecule has 210 valence electrons. The van der Waals surface area contributed by atoms with Crippen molar-refractivity contribution in [2.75, 3.05) is 25.7 Å². The van der Waals surface area contributed by atoms with Crippen LogP contribution in [0.1, 0.15) is 66.2 Å². The van der Waals surface area contributed by atoms with Crippen molar-refractivity contribution in [3.05, 3.63) is 32.2 Å². The summed E-state index contributed by atoms with van der Waals surface area (Å²) in [5, 5.41) is 8.63. The van der Waals surface area contributed by atoms with Crippen molar-refractivity contribution in [1.82, 2.24) is 20.2 Å². The summed E-state index contributed by atoms with van der Waals surface area (Å²) in [5.41, 5.74) is 1.32. The van der Waals surface area contributed by atoms with Gasteiger partial charge in [0.1, 0.15) is 5.69 Å². The topological polar surface area (TPSA) is 101 Å². The zero-order chi connectivity index (χ0) is 27.8. The molecule has 8 nitrogen and oxygen atoms in total. The normalized spacial score (nSPS) is 16.0.